The van der Waals surface area contributed by atoms with Gasteiger partial charge in [-0.2, -0.15) is 0 Å². The summed E-state index contributed by atoms with van der Waals surface area (Å²) in [6.45, 7) is 1.31. The molecule has 1 heterocycles. The summed E-state index contributed by atoms with van der Waals surface area (Å²) in [5.41, 5.74) is 1.74. The maximum atomic E-state index is 12.6. The van der Waals surface area contributed by atoms with Crippen molar-refractivity contribution in [3.63, 3.8) is 0 Å². The van der Waals surface area contributed by atoms with E-state index >= 15 is 0 Å². The van der Waals surface area contributed by atoms with E-state index in [1.807, 2.05) is 24.3 Å². The number of methoxy groups -OCH3 is 1. The minimum absolute atomic E-state index is 0.117. The number of rotatable bonds is 4. The second-order valence-electron chi connectivity index (χ2n) is 5.90. The van der Waals surface area contributed by atoms with E-state index in [2.05, 4.69) is 0 Å². The number of carboxylic acid groups (broad SMARTS) is 1. The van der Waals surface area contributed by atoms with Crippen LogP contribution >= 0.6 is 0 Å². The third-order valence-electron chi connectivity index (χ3n) is 4.42. The summed E-state index contributed by atoms with van der Waals surface area (Å²) in [7, 11) is 1.64. The highest BCUT2D eigenvalue weighted by atomic mass is 16.5. The van der Waals surface area contributed by atoms with Crippen LogP contribution in [0, 0.1) is 0 Å². The molecular formula is C19H19NO4. The van der Waals surface area contributed by atoms with Crippen molar-refractivity contribution in [3.05, 3.63) is 65.2 Å². The number of nitrogens with zero attached hydrogens (tertiary/aromatic N) is 1. The third kappa shape index (κ3) is 3.25. The highest BCUT2D eigenvalue weighted by molar-refractivity contribution is 5.97. The van der Waals surface area contributed by atoms with Gasteiger partial charge in [0.15, 0.2) is 0 Å². The van der Waals surface area contributed by atoms with Crippen molar-refractivity contribution in [3.8, 4) is 5.75 Å². The van der Waals surface area contributed by atoms with E-state index in [-0.39, 0.29) is 11.5 Å². The molecule has 3 rings (SSSR count). The largest absolute Gasteiger partial charge is 0.497 e. The molecule has 1 aliphatic heterocycles. The SMILES string of the molecule is COc1ccc([C@@H]2CCN(C(=O)c3cccc(C(=O)O)c3)C2)cc1. The van der Waals surface area contributed by atoms with Crippen LogP contribution in [0.1, 0.15) is 38.6 Å². The summed E-state index contributed by atoms with van der Waals surface area (Å²) in [6, 6.07) is 14.1. The molecule has 5 heteroatoms. The first-order valence-corrected chi connectivity index (χ1v) is 7.85. The second-order valence-corrected chi connectivity index (χ2v) is 5.90. The number of benzene rings is 2. The summed E-state index contributed by atoms with van der Waals surface area (Å²) in [4.78, 5) is 25.5. The normalized spacial score (nSPS) is 16.9. The van der Waals surface area contributed by atoms with Crippen LogP contribution in [0.5, 0.6) is 5.75 Å². The summed E-state index contributed by atoms with van der Waals surface area (Å²) in [6.07, 6.45) is 0.899. The van der Waals surface area contributed by atoms with E-state index in [1.165, 1.54) is 17.7 Å². The molecule has 0 radical (unpaired) electrons. The van der Waals surface area contributed by atoms with Crippen molar-refractivity contribution >= 4 is 11.9 Å². The molecule has 24 heavy (non-hydrogen) atoms. The lowest BCUT2D eigenvalue weighted by Gasteiger charge is -2.17. The average Bonchev–Trinajstić information content (AvgIpc) is 3.11. The zero-order chi connectivity index (χ0) is 17.1. The van der Waals surface area contributed by atoms with Gasteiger partial charge in [0.2, 0.25) is 0 Å². The maximum absolute atomic E-state index is 12.6. The number of carboxylic acids is 1. The molecule has 1 fully saturated rings. The zero-order valence-electron chi connectivity index (χ0n) is 13.4. The molecular weight excluding hydrogens is 306 g/mol. The molecule has 0 bridgehead atoms. The van der Waals surface area contributed by atoms with Crippen molar-refractivity contribution in [1.29, 1.82) is 0 Å². The fourth-order valence-corrected chi connectivity index (χ4v) is 3.06. The monoisotopic (exact) mass is 325 g/mol. The molecule has 1 amide bonds. The highest BCUT2D eigenvalue weighted by Crippen LogP contribution is 2.29. The Morgan fingerprint density at radius 3 is 2.50 bits per heavy atom. The van der Waals surface area contributed by atoms with E-state index in [0.717, 1.165) is 12.2 Å². The quantitative estimate of drug-likeness (QED) is 0.938. The van der Waals surface area contributed by atoms with Gasteiger partial charge < -0.3 is 14.7 Å². The number of ether oxygens (including phenoxy) is 1. The number of likely N-dealkylation sites (tertiary alicyclic amines) is 1. The van der Waals surface area contributed by atoms with Crippen LogP contribution in [-0.2, 0) is 0 Å². The number of hydrogen-bond donors (Lipinski definition) is 1. The van der Waals surface area contributed by atoms with E-state index in [9.17, 15) is 9.59 Å². The lowest BCUT2D eigenvalue weighted by molar-refractivity contribution is 0.0697. The molecule has 0 aliphatic carbocycles. The van der Waals surface area contributed by atoms with Crippen LogP contribution in [0.3, 0.4) is 0 Å². The van der Waals surface area contributed by atoms with Crippen molar-refractivity contribution in [2.24, 2.45) is 0 Å². The minimum Gasteiger partial charge on any atom is -0.497 e. The van der Waals surface area contributed by atoms with Gasteiger partial charge in [-0.15, -0.1) is 0 Å². The maximum Gasteiger partial charge on any atom is 0.335 e. The molecule has 2 aromatic carbocycles. The van der Waals surface area contributed by atoms with E-state index < -0.39 is 5.97 Å². The van der Waals surface area contributed by atoms with Gasteiger partial charge in [0.1, 0.15) is 5.75 Å². The third-order valence-corrected chi connectivity index (χ3v) is 4.42. The van der Waals surface area contributed by atoms with Crippen LogP contribution in [0.15, 0.2) is 48.5 Å². The summed E-state index contributed by atoms with van der Waals surface area (Å²) in [5.74, 6) is -0.0334. The minimum atomic E-state index is -1.03. The Morgan fingerprint density at radius 1 is 1.12 bits per heavy atom. The summed E-state index contributed by atoms with van der Waals surface area (Å²) < 4.78 is 5.17. The molecule has 0 saturated carbocycles. The Morgan fingerprint density at radius 2 is 1.83 bits per heavy atom. The molecule has 1 aliphatic rings. The standard InChI is InChI=1S/C19H19NO4/c1-24-17-7-5-13(6-8-17)16-9-10-20(12-16)18(21)14-3-2-4-15(11-14)19(22)23/h2-8,11,16H,9-10,12H2,1H3,(H,22,23)/t16-/m1/s1. The lowest BCUT2D eigenvalue weighted by atomic mass is 9.98. The van der Waals surface area contributed by atoms with Crippen LogP contribution in [0.2, 0.25) is 0 Å². The van der Waals surface area contributed by atoms with Gasteiger partial charge >= 0.3 is 5.97 Å². The van der Waals surface area contributed by atoms with Gasteiger partial charge in [-0.3, -0.25) is 4.79 Å². The van der Waals surface area contributed by atoms with Gasteiger partial charge in [0.25, 0.3) is 5.91 Å². The fourth-order valence-electron chi connectivity index (χ4n) is 3.06. The Balaban J connectivity index is 1.71. The molecule has 124 valence electrons. The van der Waals surface area contributed by atoms with Crippen LogP contribution in [0.25, 0.3) is 0 Å². The molecule has 2 aromatic rings. The first kappa shape index (κ1) is 16.1. The predicted octanol–water partition coefficient (Wildman–Crippen LogP) is 3.02. The molecule has 5 nitrogen and oxygen atoms in total. The van der Waals surface area contributed by atoms with Gasteiger partial charge in [0, 0.05) is 24.6 Å². The molecule has 1 saturated heterocycles. The molecule has 0 spiro atoms. The second kappa shape index (κ2) is 6.74. The van der Waals surface area contributed by atoms with Gasteiger partial charge in [-0.05, 0) is 42.3 Å². The van der Waals surface area contributed by atoms with Gasteiger partial charge in [-0.25, -0.2) is 4.79 Å². The number of aromatic carboxylic acids is 1. The number of amides is 1. The summed E-state index contributed by atoms with van der Waals surface area (Å²) >= 11 is 0. The summed E-state index contributed by atoms with van der Waals surface area (Å²) in [5, 5.41) is 9.05. The first-order valence-electron chi connectivity index (χ1n) is 7.85. The fraction of sp³-hybridized carbons (Fsp3) is 0.263. The Labute approximate surface area is 140 Å². The molecule has 1 N–H and O–H groups in total. The highest BCUT2D eigenvalue weighted by Gasteiger charge is 2.28. The smallest absolute Gasteiger partial charge is 0.335 e. The Bertz CT molecular complexity index is 754. The van der Waals surface area contributed by atoms with Gasteiger partial charge in [0.05, 0.1) is 12.7 Å². The zero-order valence-corrected chi connectivity index (χ0v) is 13.4. The van der Waals surface area contributed by atoms with E-state index in [0.29, 0.717) is 24.6 Å². The molecule has 0 aromatic heterocycles. The van der Waals surface area contributed by atoms with Gasteiger partial charge in [-0.1, -0.05) is 18.2 Å². The lowest BCUT2D eigenvalue weighted by Crippen LogP contribution is -2.28. The average molecular weight is 325 g/mol. The molecule has 1 atom stereocenters. The van der Waals surface area contributed by atoms with Crippen molar-refractivity contribution in [1.82, 2.24) is 4.90 Å². The molecule has 0 unspecified atom stereocenters. The van der Waals surface area contributed by atoms with Crippen LogP contribution < -0.4 is 4.74 Å². The Hall–Kier alpha value is -2.82. The van der Waals surface area contributed by atoms with Crippen molar-refractivity contribution < 1.29 is 19.4 Å². The van der Waals surface area contributed by atoms with Crippen molar-refractivity contribution in [2.75, 3.05) is 20.2 Å². The van der Waals surface area contributed by atoms with E-state index in [4.69, 9.17) is 9.84 Å². The number of hydrogen-bond acceptors (Lipinski definition) is 3. The first-order chi connectivity index (χ1) is 11.6. The van der Waals surface area contributed by atoms with E-state index in [1.54, 1.807) is 24.1 Å². The number of carbonyl (C=O) groups excluding carboxylic acids is 1. The Kier molecular flexibility index (Phi) is 4.51. The topological polar surface area (TPSA) is 66.8 Å². The van der Waals surface area contributed by atoms with Crippen molar-refractivity contribution in [2.45, 2.75) is 12.3 Å². The van der Waals surface area contributed by atoms with Crippen LogP contribution in [-0.4, -0.2) is 42.1 Å². The number of carbonyl (C=O) groups is 2. The van der Waals surface area contributed by atoms with Crippen LogP contribution in [0.4, 0.5) is 0 Å². The predicted molar refractivity (Wildman–Crippen MR) is 89.7 cm³/mol.